The van der Waals surface area contributed by atoms with Gasteiger partial charge in [0.25, 0.3) is 0 Å². The third-order valence-corrected chi connectivity index (χ3v) is 6.25. The lowest BCUT2D eigenvalue weighted by Crippen LogP contribution is -2.51. The van der Waals surface area contributed by atoms with E-state index in [9.17, 15) is 13.5 Å². The number of rotatable bonds is 5. The quantitative estimate of drug-likeness (QED) is 0.890. The molecule has 1 aliphatic heterocycles. The molecule has 1 N–H and O–H groups in total. The van der Waals surface area contributed by atoms with Crippen molar-refractivity contribution in [2.75, 3.05) is 26.2 Å². The van der Waals surface area contributed by atoms with Gasteiger partial charge in [0.1, 0.15) is 0 Å². The maximum Gasteiger partial charge on any atom is 0.243 e. The van der Waals surface area contributed by atoms with Gasteiger partial charge >= 0.3 is 0 Å². The first-order valence-corrected chi connectivity index (χ1v) is 8.87. The number of aliphatic hydroxyl groups is 1. The van der Waals surface area contributed by atoms with Crippen molar-refractivity contribution in [1.82, 2.24) is 9.21 Å². The fourth-order valence-electron chi connectivity index (χ4n) is 2.67. The molecule has 2 rings (SSSR count). The molecule has 118 valence electrons. The van der Waals surface area contributed by atoms with Gasteiger partial charge in [-0.1, -0.05) is 25.1 Å². The first kappa shape index (κ1) is 16.4. The third-order valence-electron chi connectivity index (χ3n) is 4.25. The largest absolute Gasteiger partial charge is 0.392 e. The fourth-order valence-corrected chi connectivity index (χ4v) is 4.30. The molecule has 1 atom stereocenters. The van der Waals surface area contributed by atoms with Crippen LogP contribution in [-0.4, -0.2) is 55.0 Å². The highest BCUT2D eigenvalue weighted by Gasteiger charge is 2.30. The van der Waals surface area contributed by atoms with Crippen molar-refractivity contribution in [3.63, 3.8) is 0 Å². The first-order valence-electron chi connectivity index (χ1n) is 7.43. The van der Waals surface area contributed by atoms with E-state index in [1.54, 1.807) is 24.3 Å². The average molecular weight is 312 g/mol. The number of sulfonamides is 1. The number of benzene rings is 1. The van der Waals surface area contributed by atoms with Crippen LogP contribution in [0.4, 0.5) is 0 Å². The Bertz CT molecular complexity index is 566. The van der Waals surface area contributed by atoms with E-state index in [2.05, 4.69) is 18.7 Å². The monoisotopic (exact) mass is 312 g/mol. The molecule has 0 bridgehead atoms. The van der Waals surface area contributed by atoms with E-state index in [0.29, 0.717) is 24.7 Å². The molecule has 1 saturated heterocycles. The topological polar surface area (TPSA) is 60.9 Å². The summed E-state index contributed by atoms with van der Waals surface area (Å²) in [5, 5.41) is 9.34. The van der Waals surface area contributed by atoms with Gasteiger partial charge in [-0.2, -0.15) is 4.31 Å². The van der Waals surface area contributed by atoms with Crippen LogP contribution < -0.4 is 0 Å². The molecule has 1 fully saturated rings. The number of aliphatic hydroxyl groups excluding tert-OH is 1. The van der Waals surface area contributed by atoms with Gasteiger partial charge in [-0.3, -0.25) is 4.90 Å². The van der Waals surface area contributed by atoms with Crippen LogP contribution in [-0.2, 0) is 16.6 Å². The third kappa shape index (κ3) is 3.45. The van der Waals surface area contributed by atoms with Crippen molar-refractivity contribution in [3.05, 3.63) is 29.8 Å². The number of hydrogen-bond donors (Lipinski definition) is 1. The summed E-state index contributed by atoms with van der Waals surface area (Å²) in [6.45, 7) is 6.59. The Hall–Kier alpha value is -0.950. The zero-order valence-corrected chi connectivity index (χ0v) is 13.5. The molecule has 1 heterocycles. The molecule has 0 radical (unpaired) electrons. The minimum Gasteiger partial charge on any atom is -0.392 e. The molecular weight excluding hydrogens is 288 g/mol. The summed E-state index contributed by atoms with van der Waals surface area (Å²) in [6.07, 6.45) is 1.07. The van der Waals surface area contributed by atoms with Crippen LogP contribution in [0, 0.1) is 0 Å². The Morgan fingerprint density at radius 3 is 2.38 bits per heavy atom. The highest BCUT2D eigenvalue weighted by molar-refractivity contribution is 7.89. The van der Waals surface area contributed by atoms with E-state index in [1.807, 2.05) is 0 Å². The summed E-state index contributed by atoms with van der Waals surface area (Å²) >= 11 is 0. The van der Waals surface area contributed by atoms with Crippen LogP contribution in [0.1, 0.15) is 25.8 Å². The van der Waals surface area contributed by atoms with Gasteiger partial charge in [0.2, 0.25) is 10.0 Å². The van der Waals surface area contributed by atoms with Gasteiger partial charge in [0.15, 0.2) is 0 Å². The second-order valence-electron chi connectivity index (χ2n) is 5.46. The zero-order valence-electron chi connectivity index (χ0n) is 12.7. The van der Waals surface area contributed by atoms with Crippen LogP contribution in [0.15, 0.2) is 29.2 Å². The van der Waals surface area contributed by atoms with E-state index in [1.165, 1.54) is 4.31 Å². The molecule has 1 aromatic rings. The molecule has 5 nitrogen and oxygen atoms in total. The standard InChI is InChI=1S/C15H24N2O3S/c1-3-13(2)16-8-10-17(11-9-16)21(19,20)15-7-5-4-6-14(15)12-18/h4-7,13,18H,3,8-12H2,1-2H3. The summed E-state index contributed by atoms with van der Waals surface area (Å²) in [4.78, 5) is 2.55. The minimum atomic E-state index is -3.51. The molecule has 6 heteroatoms. The summed E-state index contributed by atoms with van der Waals surface area (Å²) in [5.41, 5.74) is 0.460. The molecule has 0 amide bonds. The maximum atomic E-state index is 12.7. The van der Waals surface area contributed by atoms with Crippen molar-refractivity contribution in [2.45, 2.75) is 37.8 Å². The smallest absolute Gasteiger partial charge is 0.243 e. The second kappa shape index (κ2) is 6.87. The predicted octanol–water partition coefficient (Wildman–Crippen LogP) is 1.28. The van der Waals surface area contributed by atoms with E-state index in [-0.39, 0.29) is 11.5 Å². The summed E-state index contributed by atoms with van der Waals surface area (Å²) < 4.78 is 26.9. The van der Waals surface area contributed by atoms with Gasteiger partial charge in [0.05, 0.1) is 11.5 Å². The summed E-state index contributed by atoms with van der Waals surface area (Å²) in [5.74, 6) is 0. The normalized spacial score (nSPS) is 19.6. The van der Waals surface area contributed by atoms with Crippen molar-refractivity contribution in [2.24, 2.45) is 0 Å². The average Bonchev–Trinajstić information content (AvgIpc) is 2.54. The van der Waals surface area contributed by atoms with E-state index in [4.69, 9.17) is 0 Å². The van der Waals surface area contributed by atoms with E-state index >= 15 is 0 Å². The van der Waals surface area contributed by atoms with Crippen LogP contribution in [0.5, 0.6) is 0 Å². The Labute approximate surface area is 127 Å². The summed E-state index contributed by atoms with van der Waals surface area (Å²) in [7, 11) is -3.51. The fraction of sp³-hybridized carbons (Fsp3) is 0.600. The first-order chi connectivity index (χ1) is 10.0. The van der Waals surface area contributed by atoms with Crippen molar-refractivity contribution < 1.29 is 13.5 Å². The Balaban J connectivity index is 2.15. The SMILES string of the molecule is CCC(C)N1CCN(S(=O)(=O)c2ccccc2CO)CC1. The zero-order chi connectivity index (χ0) is 15.5. The Morgan fingerprint density at radius 2 is 1.81 bits per heavy atom. The molecule has 0 aliphatic carbocycles. The number of hydrogen-bond acceptors (Lipinski definition) is 4. The van der Waals surface area contributed by atoms with Crippen LogP contribution in [0.25, 0.3) is 0 Å². The minimum absolute atomic E-state index is 0.226. The molecule has 0 spiro atoms. The Kier molecular flexibility index (Phi) is 5.37. The molecule has 1 aromatic carbocycles. The van der Waals surface area contributed by atoms with Crippen molar-refractivity contribution in [3.8, 4) is 0 Å². The summed E-state index contributed by atoms with van der Waals surface area (Å²) in [6, 6.07) is 7.15. The predicted molar refractivity (Wildman–Crippen MR) is 82.4 cm³/mol. The number of piperazine rings is 1. The highest BCUT2D eigenvalue weighted by Crippen LogP contribution is 2.22. The van der Waals surface area contributed by atoms with Gasteiger partial charge in [0, 0.05) is 32.2 Å². The number of nitrogens with zero attached hydrogens (tertiary/aromatic N) is 2. The molecule has 1 unspecified atom stereocenters. The van der Waals surface area contributed by atoms with Gasteiger partial charge in [-0.15, -0.1) is 0 Å². The van der Waals surface area contributed by atoms with Crippen LogP contribution in [0.3, 0.4) is 0 Å². The highest BCUT2D eigenvalue weighted by atomic mass is 32.2. The van der Waals surface area contributed by atoms with Crippen LogP contribution >= 0.6 is 0 Å². The second-order valence-corrected chi connectivity index (χ2v) is 7.37. The maximum absolute atomic E-state index is 12.7. The molecular formula is C15H24N2O3S. The van der Waals surface area contributed by atoms with Gasteiger partial charge in [-0.05, 0) is 25.0 Å². The Morgan fingerprint density at radius 1 is 1.19 bits per heavy atom. The van der Waals surface area contributed by atoms with Crippen molar-refractivity contribution >= 4 is 10.0 Å². The van der Waals surface area contributed by atoms with Gasteiger partial charge < -0.3 is 5.11 Å². The van der Waals surface area contributed by atoms with E-state index < -0.39 is 10.0 Å². The lowest BCUT2D eigenvalue weighted by atomic mass is 10.2. The lowest BCUT2D eigenvalue weighted by Gasteiger charge is -2.37. The molecule has 1 aliphatic rings. The molecule has 0 aromatic heterocycles. The lowest BCUT2D eigenvalue weighted by molar-refractivity contribution is 0.142. The molecule has 0 saturated carbocycles. The van der Waals surface area contributed by atoms with Crippen molar-refractivity contribution in [1.29, 1.82) is 0 Å². The van der Waals surface area contributed by atoms with Crippen LogP contribution in [0.2, 0.25) is 0 Å². The van der Waals surface area contributed by atoms with E-state index in [0.717, 1.165) is 19.5 Å². The molecule has 21 heavy (non-hydrogen) atoms. The van der Waals surface area contributed by atoms with Gasteiger partial charge in [-0.25, -0.2) is 8.42 Å².